The Kier molecular flexibility index (Phi) is 7.04. The van der Waals surface area contributed by atoms with Crippen molar-refractivity contribution in [3.63, 3.8) is 0 Å². The summed E-state index contributed by atoms with van der Waals surface area (Å²) in [5.41, 5.74) is -1.01. The van der Waals surface area contributed by atoms with E-state index in [1.807, 2.05) is 19.9 Å². The standard InChI is InChI=1S/C16H19FN2O3S/c1-11(2)16(3,10-18)19-14(20)8-22-15(21)9-23-13-6-4-12(17)5-7-13/h4-7,11H,8-9H2,1-3H3,(H,19,20). The first-order valence-corrected chi connectivity index (χ1v) is 8.01. The number of rotatable bonds is 7. The highest BCUT2D eigenvalue weighted by Gasteiger charge is 2.30. The second kappa shape index (κ2) is 8.53. The Hall–Kier alpha value is -2.07. The lowest BCUT2D eigenvalue weighted by Crippen LogP contribution is -2.50. The van der Waals surface area contributed by atoms with Crippen molar-refractivity contribution in [3.05, 3.63) is 30.1 Å². The van der Waals surface area contributed by atoms with Gasteiger partial charge in [-0.05, 0) is 37.1 Å². The van der Waals surface area contributed by atoms with Gasteiger partial charge in [0.15, 0.2) is 6.61 Å². The lowest BCUT2D eigenvalue weighted by molar-refractivity contribution is -0.146. The van der Waals surface area contributed by atoms with E-state index in [-0.39, 0.29) is 17.5 Å². The van der Waals surface area contributed by atoms with Crippen molar-refractivity contribution in [1.82, 2.24) is 5.32 Å². The molecule has 0 aliphatic rings. The van der Waals surface area contributed by atoms with Gasteiger partial charge in [0, 0.05) is 4.90 Å². The number of nitriles is 1. The minimum absolute atomic E-state index is 0.0125. The molecule has 1 atom stereocenters. The maximum atomic E-state index is 12.7. The molecule has 0 aromatic heterocycles. The van der Waals surface area contributed by atoms with Gasteiger partial charge in [0.1, 0.15) is 11.4 Å². The maximum absolute atomic E-state index is 12.7. The molecule has 124 valence electrons. The van der Waals surface area contributed by atoms with Crippen LogP contribution in [0.3, 0.4) is 0 Å². The molecule has 0 spiro atoms. The molecule has 0 radical (unpaired) electrons. The monoisotopic (exact) mass is 338 g/mol. The number of benzene rings is 1. The highest BCUT2D eigenvalue weighted by Crippen LogP contribution is 2.18. The number of carbonyl (C=O) groups is 2. The Morgan fingerprint density at radius 3 is 2.52 bits per heavy atom. The first-order chi connectivity index (χ1) is 10.8. The van der Waals surface area contributed by atoms with Gasteiger partial charge in [-0.25, -0.2) is 4.39 Å². The first kappa shape index (κ1) is 19.0. The van der Waals surface area contributed by atoms with Crippen molar-refractivity contribution >= 4 is 23.6 Å². The molecule has 0 heterocycles. The molecule has 7 heteroatoms. The smallest absolute Gasteiger partial charge is 0.316 e. The van der Waals surface area contributed by atoms with Crippen LogP contribution in [0.5, 0.6) is 0 Å². The molecule has 1 unspecified atom stereocenters. The average molecular weight is 338 g/mol. The van der Waals surface area contributed by atoms with Crippen LogP contribution in [0, 0.1) is 23.1 Å². The number of halogens is 1. The summed E-state index contributed by atoms with van der Waals surface area (Å²) < 4.78 is 17.6. The van der Waals surface area contributed by atoms with Gasteiger partial charge in [-0.2, -0.15) is 5.26 Å². The summed E-state index contributed by atoms with van der Waals surface area (Å²) in [4.78, 5) is 24.1. The number of hydrogen-bond donors (Lipinski definition) is 1. The second-order valence-corrected chi connectivity index (χ2v) is 6.47. The van der Waals surface area contributed by atoms with E-state index in [2.05, 4.69) is 5.32 Å². The summed E-state index contributed by atoms with van der Waals surface area (Å²) in [7, 11) is 0. The molecule has 5 nitrogen and oxygen atoms in total. The van der Waals surface area contributed by atoms with Crippen molar-refractivity contribution in [2.45, 2.75) is 31.2 Å². The molecular formula is C16H19FN2O3S. The van der Waals surface area contributed by atoms with Gasteiger partial charge in [-0.3, -0.25) is 9.59 Å². The Morgan fingerprint density at radius 1 is 1.39 bits per heavy atom. The first-order valence-electron chi connectivity index (χ1n) is 7.03. The third kappa shape index (κ3) is 6.28. The highest BCUT2D eigenvalue weighted by atomic mass is 32.2. The molecule has 1 amide bonds. The van der Waals surface area contributed by atoms with Crippen LogP contribution in [0.1, 0.15) is 20.8 Å². The summed E-state index contributed by atoms with van der Waals surface area (Å²) in [6.07, 6.45) is 0. The third-order valence-electron chi connectivity index (χ3n) is 3.32. The van der Waals surface area contributed by atoms with Crippen molar-refractivity contribution < 1.29 is 18.7 Å². The number of thioether (sulfide) groups is 1. The summed E-state index contributed by atoms with van der Waals surface area (Å²) >= 11 is 1.19. The van der Waals surface area contributed by atoms with Gasteiger partial charge in [0.25, 0.3) is 5.91 Å². The number of nitrogens with zero attached hydrogens (tertiary/aromatic N) is 1. The third-order valence-corrected chi connectivity index (χ3v) is 4.31. The fraction of sp³-hybridized carbons (Fsp3) is 0.438. The molecule has 1 aromatic carbocycles. The Bertz CT molecular complexity index is 598. The second-order valence-electron chi connectivity index (χ2n) is 5.42. The van der Waals surface area contributed by atoms with Gasteiger partial charge < -0.3 is 10.1 Å². The fourth-order valence-electron chi connectivity index (χ4n) is 1.49. The topological polar surface area (TPSA) is 79.2 Å². The lowest BCUT2D eigenvalue weighted by atomic mass is 9.90. The molecule has 0 fully saturated rings. The van der Waals surface area contributed by atoms with Crippen molar-refractivity contribution in [3.8, 4) is 6.07 Å². The molecular weight excluding hydrogens is 319 g/mol. The van der Waals surface area contributed by atoms with E-state index in [1.165, 1.54) is 23.9 Å². The van der Waals surface area contributed by atoms with Crippen molar-refractivity contribution in [2.24, 2.45) is 5.92 Å². The number of esters is 1. The molecule has 23 heavy (non-hydrogen) atoms. The van der Waals surface area contributed by atoms with E-state index < -0.39 is 24.0 Å². The van der Waals surface area contributed by atoms with Crippen molar-refractivity contribution in [1.29, 1.82) is 5.26 Å². The summed E-state index contributed by atoms with van der Waals surface area (Å²) in [5.74, 6) is -1.50. The largest absolute Gasteiger partial charge is 0.455 e. The molecule has 1 rings (SSSR count). The zero-order chi connectivity index (χ0) is 17.5. The van der Waals surface area contributed by atoms with Crippen LogP contribution in [0.2, 0.25) is 0 Å². The molecule has 0 saturated carbocycles. The maximum Gasteiger partial charge on any atom is 0.316 e. The minimum Gasteiger partial charge on any atom is -0.455 e. The van der Waals surface area contributed by atoms with Gasteiger partial charge in [0.05, 0.1) is 11.8 Å². The van der Waals surface area contributed by atoms with E-state index >= 15 is 0 Å². The van der Waals surface area contributed by atoms with Gasteiger partial charge in [0.2, 0.25) is 0 Å². The molecule has 0 saturated heterocycles. The van der Waals surface area contributed by atoms with E-state index in [4.69, 9.17) is 10.00 Å². The van der Waals surface area contributed by atoms with E-state index in [1.54, 1.807) is 19.1 Å². The Labute approximate surface area is 139 Å². The van der Waals surface area contributed by atoms with E-state index in [0.29, 0.717) is 0 Å². The van der Waals surface area contributed by atoms with Crippen LogP contribution in [-0.2, 0) is 14.3 Å². The Balaban J connectivity index is 2.37. The van der Waals surface area contributed by atoms with Crippen LogP contribution in [0.15, 0.2) is 29.2 Å². The predicted octanol–water partition coefficient (Wildman–Crippen LogP) is 2.52. The van der Waals surface area contributed by atoms with Crippen LogP contribution in [-0.4, -0.2) is 29.8 Å². The SMILES string of the molecule is CC(C)C(C)(C#N)NC(=O)COC(=O)CSc1ccc(F)cc1. The van der Waals surface area contributed by atoms with Gasteiger partial charge >= 0.3 is 5.97 Å². The summed E-state index contributed by atoms with van der Waals surface area (Å²) in [6, 6.07) is 7.76. The molecule has 0 aliphatic heterocycles. The molecule has 0 aliphatic carbocycles. The minimum atomic E-state index is -1.01. The number of hydrogen-bond acceptors (Lipinski definition) is 5. The van der Waals surface area contributed by atoms with Crippen LogP contribution in [0.4, 0.5) is 4.39 Å². The fourth-order valence-corrected chi connectivity index (χ4v) is 2.18. The average Bonchev–Trinajstić information content (AvgIpc) is 2.52. The van der Waals surface area contributed by atoms with Gasteiger partial charge in [-0.15, -0.1) is 11.8 Å². The number of ether oxygens (including phenoxy) is 1. The van der Waals surface area contributed by atoms with Crippen molar-refractivity contribution in [2.75, 3.05) is 12.4 Å². The van der Waals surface area contributed by atoms with Crippen LogP contribution >= 0.6 is 11.8 Å². The zero-order valence-corrected chi connectivity index (χ0v) is 14.1. The zero-order valence-electron chi connectivity index (χ0n) is 13.3. The van der Waals surface area contributed by atoms with Gasteiger partial charge in [-0.1, -0.05) is 13.8 Å². The number of carbonyl (C=O) groups excluding carboxylic acids is 2. The normalized spacial score (nSPS) is 13.0. The highest BCUT2D eigenvalue weighted by molar-refractivity contribution is 8.00. The molecule has 1 aromatic rings. The molecule has 1 N–H and O–H groups in total. The number of amides is 1. The molecule has 0 bridgehead atoms. The van der Waals surface area contributed by atoms with E-state index in [0.717, 1.165) is 4.90 Å². The lowest BCUT2D eigenvalue weighted by Gasteiger charge is -2.27. The Morgan fingerprint density at radius 2 is 2.00 bits per heavy atom. The summed E-state index contributed by atoms with van der Waals surface area (Å²) in [6.45, 7) is 4.80. The quantitative estimate of drug-likeness (QED) is 0.610. The predicted molar refractivity (Wildman–Crippen MR) is 85.1 cm³/mol. The van der Waals surface area contributed by atoms with E-state index in [9.17, 15) is 14.0 Å². The summed E-state index contributed by atoms with van der Waals surface area (Å²) in [5, 5.41) is 11.7. The number of nitrogens with one attached hydrogen (secondary N) is 1. The van der Waals surface area contributed by atoms with Crippen LogP contribution < -0.4 is 5.32 Å². The van der Waals surface area contributed by atoms with Crippen LogP contribution in [0.25, 0.3) is 0 Å².